The number of halogens is 1. The third kappa shape index (κ3) is 2.42. The molecule has 0 atom stereocenters. The fraction of sp³-hybridized carbons (Fsp3) is 0.125. The highest BCUT2D eigenvalue weighted by Crippen LogP contribution is 2.19. The molecule has 0 N–H and O–H groups in total. The van der Waals surface area contributed by atoms with Crippen molar-refractivity contribution in [2.45, 2.75) is 0 Å². The molecule has 0 unspecified atom stereocenters. The first-order chi connectivity index (χ1) is 6.97. The predicted molar refractivity (Wildman–Crippen MR) is 61.7 cm³/mol. The highest BCUT2D eigenvalue weighted by atomic mass is 79.9. The molecule has 0 aliphatic rings. The Bertz CT molecular complexity index is 435. The Hall–Kier alpha value is -1.21. The van der Waals surface area contributed by atoms with E-state index in [4.69, 9.17) is 0 Å². The summed E-state index contributed by atoms with van der Waals surface area (Å²) in [6.45, 7) is 0. The molecule has 80 valence electrons. The van der Waals surface area contributed by atoms with Gasteiger partial charge in [0.05, 0.1) is 17.6 Å². The Morgan fingerprint density at radius 3 is 2.67 bits per heavy atom. The maximum absolute atomic E-state index is 11.3. The van der Waals surface area contributed by atoms with Gasteiger partial charge in [0.25, 0.3) is 5.69 Å². The molecule has 7 heteroatoms. The Kier molecular flexibility index (Phi) is 3.59. The second-order valence-corrected chi connectivity index (χ2v) is 4.76. The molecule has 0 spiro atoms. The van der Waals surface area contributed by atoms with E-state index in [-0.39, 0.29) is 11.3 Å². The minimum atomic E-state index is -0.551. The van der Waals surface area contributed by atoms with E-state index in [0.29, 0.717) is 19.9 Å². The third-order valence-electron chi connectivity index (χ3n) is 1.95. The van der Waals surface area contributed by atoms with E-state index in [2.05, 4.69) is 20.7 Å². The van der Waals surface area contributed by atoms with Crippen LogP contribution in [0.2, 0.25) is 0 Å². The highest BCUT2D eigenvalue weighted by Gasteiger charge is 2.19. The van der Waals surface area contributed by atoms with Gasteiger partial charge in [0.2, 0.25) is 0 Å². The molecular formula is C8H8BrNO4Si. The summed E-state index contributed by atoms with van der Waals surface area (Å²) in [6, 6.07) is 2.91. The van der Waals surface area contributed by atoms with Crippen LogP contribution < -0.4 is 5.19 Å². The van der Waals surface area contributed by atoms with Crippen LogP contribution in [-0.2, 0) is 4.74 Å². The van der Waals surface area contributed by atoms with Crippen molar-refractivity contribution >= 4 is 43.0 Å². The van der Waals surface area contributed by atoms with Gasteiger partial charge in [0.15, 0.2) is 0 Å². The number of carbonyl (C=O) groups excluding carboxylic acids is 1. The molecule has 5 nitrogen and oxygen atoms in total. The Balaban J connectivity index is 3.41. The fourth-order valence-corrected chi connectivity index (χ4v) is 2.30. The fourth-order valence-electron chi connectivity index (χ4n) is 1.18. The first kappa shape index (κ1) is 11.9. The molecule has 0 aromatic heterocycles. The van der Waals surface area contributed by atoms with Crippen LogP contribution in [0.3, 0.4) is 0 Å². The van der Waals surface area contributed by atoms with Crippen LogP contribution in [0.4, 0.5) is 5.69 Å². The van der Waals surface area contributed by atoms with Gasteiger partial charge in [-0.05, 0) is 6.07 Å². The summed E-state index contributed by atoms with van der Waals surface area (Å²) < 4.78 is 5.04. The van der Waals surface area contributed by atoms with Crippen LogP contribution in [0.25, 0.3) is 0 Å². The molecule has 0 saturated carbocycles. The number of hydrogen-bond acceptors (Lipinski definition) is 4. The monoisotopic (exact) mass is 289 g/mol. The molecule has 15 heavy (non-hydrogen) atoms. The number of nitro groups is 1. The smallest absolute Gasteiger partial charge is 0.337 e. The van der Waals surface area contributed by atoms with Crippen molar-refractivity contribution in [3.8, 4) is 0 Å². The average Bonchev–Trinajstić information content (AvgIpc) is 2.19. The van der Waals surface area contributed by atoms with E-state index in [1.165, 1.54) is 19.2 Å². The quantitative estimate of drug-likeness (QED) is 0.336. The van der Waals surface area contributed by atoms with Gasteiger partial charge in [-0.25, -0.2) is 4.79 Å². The number of hydrogen-bond donors (Lipinski definition) is 0. The van der Waals surface area contributed by atoms with Gasteiger partial charge < -0.3 is 4.74 Å². The van der Waals surface area contributed by atoms with E-state index < -0.39 is 10.9 Å². The number of nitrogens with zero attached hydrogens (tertiary/aromatic N) is 1. The number of nitro benzene ring substituents is 1. The Morgan fingerprint density at radius 2 is 2.20 bits per heavy atom. The number of ether oxygens (including phenoxy) is 1. The zero-order chi connectivity index (χ0) is 11.6. The number of carbonyl (C=O) groups is 1. The first-order valence-electron chi connectivity index (χ1n) is 4.00. The molecule has 1 aromatic rings. The zero-order valence-electron chi connectivity index (χ0n) is 8.11. The summed E-state index contributed by atoms with van der Waals surface area (Å²) >= 11 is 3.12. The van der Waals surface area contributed by atoms with Crippen molar-refractivity contribution in [2.24, 2.45) is 0 Å². The van der Waals surface area contributed by atoms with Crippen molar-refractivity contribution < 1.29 is 14.5 Å². The molecule has 0 fully saturated rings. The van der Waals surface area contributed by atoms with Gasteiger partial charge in [-0.3, -0.25) is 10.1 Å². The van der Waals surface area contributed by atoms with Crippen LogP contribution in [0.1, 0.15) is 10.4 Å². The largest absolute Gasteiger partial charge is 0.465 e. The van der Waals surface area contributed by atoms with Crippen LogP contribution in [0.5, 0.6) is 0 Å². The normalized spacial score (nSPS) is 10.0. The minimum Gasteiger partial charge on any atom is -0.465 e. The van der Waals surface area contributed by atoms with Crippen molar-refractivity contribution in [2.75, 3.05) is 7.11 Å². The third-order valence-corrected chi connectivity index (χ3v) is 3.46. The van der Waals surface area contributed by atoms with E-state index in [9.17, 15) is 14.9 Å². The van der Waals surface area contributed by atoms with Crippen molar-refractivity contribution in [1.82, 2.24) is 0 Å². The molecule has 0 saturated heterocycles. The van der Waals surface area contributed by atoms with Crippen molar-refractivity contribution in [3.63, 3.8) is 0 Å². The topological polar surface area (TPSA) is 69.4 Å². The summed E-state index contributed by atoms with van der Waals surface area (Å²) in [4.78, 5) is 21.5. The van der Waals surface area contributed by atoms with Crippen LogP contribution in [0.15, 0.2) is 16.6 Å². The van der Waals surface area contributed by atoms with E-state index in [1.807, 2.05) is 0 Å². The molecular weight excluding hydrogens is 282 g/mol. The lowest BCUT2D eigenvalue weighted by Gasteiger charge is -2.05. The van der Waals surface area contributed by atoms with Crippen LogP contribution in [0, 0.1) is 10.1 Å². The number of methoxy groups -OCH3 is 1. The van der Waals surface area contributed by atoms with Gasteiger partial charge in [0, 0.05) is 26.0 Å². The maximum atomic E-state index is 11.3. The van der Waals surface area contributed by atoms with Gasteiger partial charge in [0.1, 0.15) is 0 Å². The van der Waals surface area contributed by atoms with E-state index >= 15 is 0 Å². The Labute approximate surface area is 97.1 Å². The highest BCUT2D eigenvalue weighted by molar-refractivity contribution is 9.10. The summed E-state index contributed by atoms with van der Waals surface area (Å²) in [7, 11) is 1.66. The van der Waals surface area contributed by atoms with Gasteiger partial charge in [-0.1, -0.05) is 15.9 Å². The SMILES string of the molecule is COC(=O)c1cc(Br)cc([N+](=O)[O-])c1[SiH3]. The minimum absolute atomic E-state index is 0.0450. The second-order valence-electron chi connectivity index (χ2n) is 2.85. The van der Waals surface area contributed by atoms with Gasteiger partial charge >= 0.3 is 5.97 Å². The first-order valence-corrected chi connectivity index (χ1v) is 5.79. The summed E-state index contributed by atoms with van der Waals surface area (Å²) in [5, 5.41) is 11.1. The molecule has 0 amide bonds. The lowest BCUT2D eigenvalue weighted by Crippen LogP contribution is -2.20. The maximum Gasteiger partial charge on any atom is 0.337 e. The lowest BCUT2D eigenvalue weighted by atomic mass is 10.2. The van der Waals surface area contributed by atoms with E-state index in [0.717, 1.165) is 0 Å². The number of esters is 1. The van der Waals surface area contributed by atoms with Gasteiger partial charge in [-0.2, -0.15) is 0 Å². The Morgan fingerprint density at radius 1 is 1.60 bits per heavy atom. The molecule has 1 aromatic carbocycles. The van der Waals surface area contributed by atoms with Crippen LogP contribution >= 0.6 is 15.9 Å². The second kappa shape index (κ2) is 4.54. The molecule has 0 radical (unpaired) electrons. The predicted octanol–water partition coefficient (Wildman–Crippen LogP) is 0.135. The number of benzene rings is 1. The summed E-state index contributed by atoms with van der Waals surface area (Å²) in [5.41, 5.74) is 0.210. The summed E-state index contributed by atoms with van der Waals surface area (Å²) in [5.74, 6) is -0.551. The number of rotatable bonds is 2. The standard InChI is InChI=1S/C8H8BrNO4Si/c1-14-8(11)5-2-4(9)3-6(7(5)15)10(12)13/h2-3H,1,15H3. The van der Waals surface area contributed by atoms with E-state index in [1.54, 1.807) is 0 Å². The molecule has 0 bridgehead atoms. The zero-order valence-corrected chi connectivity index (χ0v) is 11.7. The molecule has 0 aliphatic heterocycles. The van der Waals surface area contributed by atoms with Crippen molar-refractivity contribution in [1.29, 1.82) is 0 Å². The van der Waals surface area contributed by atoms with Gasteiger partial charge in [-0.15, -0.1) is 0 Å². The molecule has 1 rings (SSSR count). The lowest BCUT2D eigenvalue weighted by molar-refractivity contribution is -0.383. The van der Waals surface area contributed by atoms with Crippen LogP contribution in [-0.4, -0.2) is 28.2 Å². The van der Waals surface area contributed by atoms with Crippen molar-refractivity contribution in [3.05, 3.63) is 32.3 Å². The average molecular weight is 290 g/mol. The molecule has 0 aliphatic carbocycles. The summed E-state index contributed by atoms with van der Waals surface area (Å²) in [6.07, 6.45) is 0. The molecule has 0 heterocycles.